The summed E-state index contributed by atoms with van der Waals surface area (Å²) in [6.07, 6.45) is 0. The fraction of sp³-hybridized carbons (Fsp3) is 0.600. The summed E-state index contributed by atoms with van der Waals surface area (Å²) in [4.78, 5) is 0.893. The molecule has 0 bridgehead atoms. The molecule has 0 aliphatic carbocycles. The Morgan fingerprint density at radius 1 is 1.53 bits per heavy atom. The van der Waals surface area contributed by atoms with Crippen LogP contribution in [-0.4, -0.2) is 36.8 Å². The minimum absolute atomic E-state index is 0.367. The number of thioether (sulfide) groups is 1. The first-order valence-electron chi connectivity index (χ1n) is 5.30. The molecule has 1 unspecified atom stereocenters. The van der Waals surface area contributed by atoms with Crippen molar-refractivity contribution in [3.05, 3.63) is 17.0 Å². The molecule has 1 atom stereocenters. The molecule has 1 aromatic rings. The summed E-state index contributed by atoms with van der Waals surface area (Å²) in [5, 5.41) is 0.367. The second kappa shape index (κ2) is 5.48. The number of hydrogen-bond donors (Lipinski definition) is 0. The van der Waals surface area contributed by atoms with Gasteiger partial charge in [0.15, 0.2) is 0 Å². The highest BCUT2D eigenvalue weighted by Crippen LogP contribution is 2.29. The molecule has 0 aromatic carbocycles. The van der Waals surface area contributed by atoms with Crippen LogP contribution in [0.3, 0.4) is 0 Å². The van der Waals surface area contributed by atoms with Crippen molar-refractivity contribution in [2.45, 2.75) is 22.3 Å². The van der Waals surface area contributed by atoms with Crippen molar-refractivity contribution in [3.63, 3.8) is 0 Å². The van der Waals surface area contributed by atoms with E-state index in [-0.39, 0.29) is 0 Å². The van der Waals surface area contributed by atoms with Gasteiger partial charge in [-0.3, -0.25) is 0 Å². The molecule has 0 saturated carbocycles. The van der Waals surface area contributed by atoms with Gasteiger partial charge in [-0.1, -0.05) is 6.92 Å². The lowest BCUT2D eigenvalue weighted by molar-refractivity contribution is 0.425. The fourth-order valence-corrected chi connectivity index (χ4v) is 6.07. The third-order valence-corrected chi connectivity index (χ3v) is 7.57. The summed E-state index contributed by atoms with van der Waals surface area (Å²) in [6.45, 7) is 3.26. The van der Waals surface area contributed by atoms with Gasteiger partial charge in [0.25, 0.3) is 10.0 Å². The number of rotatable bonds is 3. The van der Waals surface area contributed by atoms with Gasteiger partial charge < -0.3 is 0 Å². The normalized spacial score (nSPS) is 22.8. The molecule has 17 heavy (non-hydrogen) atoms. The van der Waals surface area contributed by atoms with Gasteiger partial charge in [0.2, 0.25) is 0 Å². The monoisotopic (exact) mass is 311 g/mol. The number of hydrogen-bond acceptors (Lipinski definition) is 4. The second-order valence-electron chi connectivity index (χ2n) is 3.90. The molecular weight excluding hydrogens is 298 g/mol. The largest absolute Gasteiger partial charge is 0.252 e. The fourth-order valence-electron chi connectivity index (χ4n) is 1.70. The van der Waals surface area contributed by atoms with Crippen LogP contribution in [0.5, 0.6) is 0 Å². The van der Waals surface area contributed by atoms with E-state index in [1.807, 2.05) is 11.8 Å². The van der Waals surface area contributed by atoms with E-state index in [2.05, 4.69) is 6.92 Å². The highest BCUT2D eigenvalue weighted by Gasteiger charge is 2.29. The molecule has 1 saturated heterocycles. The van der Waals surface area contributed by atoms with E-state index in [9.17, 15) is 8.42 Å². The van der Waals surface area contributed by atoms with Crippen LogP contribution in [0.25, 0.3) is 0 Å². The zero-order valence-corrected chi connectivity index (χ0v) is 12.6. The molecule has 1 fully saturated rings. The van der Waals surface area contributed by atoms with E-state index in [4.69, 9.17) is 11.6 Å². The van der Waals surface area contributed by atoms with Gasteiger partial charge >= 0.3 is 0 Å². The standard InChI is InChI=1S/C10H14ClNO2S3/c1-8-7-12(4-5-15-8)17(13,14)10-3-2-9(6-11)16-10/h2-3,8H,4-7H2,1H3. The van der Waals surface area contributed by atoms with Crippen LogP contribution in [0, 0.1) is 0 Å². The summed E-state index contributed by atoms with van der Waals surface area (Å²) in [7, 11) is -3.30. The number of halogens is 1. The maximum absolute atomic E-state index is 12.3. The van der Waals surface area contributed by atoms with E-state index in [0.29, 0.717) is 28.4 Å². The molecule has 2 heterocycles. The van der Waals surface area contributed by atoms with Crippen LogP contribution in [0.4, 0.5) is 0 Å². The van der Waals surface area contributed by atoms with E-state index in [1.165, 1.54) is 11.3 Å². The Balaban J connectivity index is 2.23. The Bertz CT molecular complexity index is 485. The van der Waals surface area contributed by atoms with E-state index >= 15 is 0 Å². The molecule has 96 valence electrons. The molecule has 2 rings (SSSR count). The molecule has 1 aliphatic heterocycles. The highest BCUT2D eigenvalue weighted by atomic mass is 35.5. The van der Waals surface area contributed by atoms with Crippen LogP contribution in [0.2, 0.25) is 0 Å². The Hall–Kier alpha value is 0.250. The molecule has 3 nitrogen and oxygen atoms in total. The van der Waals surface area contributed by atoms with E-state index in [0.717, 1.165) is 10.6 Å². The first-order valence-corrected chi connectivity index (χ1v) is 9.14. The average molecular weight is 312 g/mol. The van der Waals surface area contributed by atoms with E-state index in [1.54, 1.807) is 16.4 Å². The third-order valence-electron chi connectivity index (χ3n) is 2.57. The Kier molecular flexibility index (Phi) is 4.41. The van der Waals surface area contributed by atoms with Crippen molar-refractivity contribution in [1.29, 1.82) is 0 Å². The van der Waals surface area contributed by atoms with Crippen LogP contribution >= 0.6 is 34.7 Å². The summed E-state index contributed by atoms with van der Waals surface area (Å²) in [5.74, 6) is 1.24. The van der Waals surface area contributed by atoms with Gasteiger partial charge in [0.1, 0.15) is 4.21 Å². The van der Waals surface area contributed by atoms with Crippen molar-refractivity contribution in [1.82, 2.24) is 4.31 Å². The van der Waals surface area contributed by atoms with Gasteiger partial charge in [-0.15, -0.1) is 22.9 Å². The molecule has 0 N–H and O–H groups in total. The lowest BCUT2D eigenvalue weighted by Gasteiger charge is -2.29. The first-order chi connectivity index (χ1) is 8.04. The topological polar surface area (TPSA) is 37.4 Å². The summed E-state index contributed by atoms with van der Waals surface area (Å²) in [6, 6.07) is 3.44. The summed E-state index contributed by atoms with van der Waals surface area (Å²) < 4.78 is 26.7. The zero-order valence-electron chi connectivity index (χ0n) is 9.43. The Morgan fingerprint density at radius 2 is 2.29 bits per heavy atom. The minimum atomic E-state index is -3.30. The molecule has 7 heteroatoms. The zero-order chi connectivity index (χ0) is 12.5. The summed E-state index contributed by atoms with van der Waals surface area (Å²) in [5.41, 5.74) is 0. The van der Waals surface area contributed by atoms with Gasteiger partial charge in [0.05, 0.1) is 5.88 Å². The second-order valence-corrected chi connectivity index (χ2v) is 9.05. The van der Waals surface area contributed by atoms with Gasteiger partial charge in [-0.2, -0.15) is 16.1 Å². The van der Waals surface area contributed by atoms with E-state index < -0.39 is 10.0 Å². The number of nitrogens with zero attached hydrogens (tertiary/aromatic N) is 1. The van der Waals surface area contributed by atoms with Crippen LogP contribution in [-0.2, 0) is 15.9 Å². The van der Waals surface area contributed by atoms with Crippen LogP contribution in [0.1, 0.15) is 11.8 Å². The van der Waals surface area contributed by atoms with Crippen LogP contribution < -0.4 is 0 Å². The molecular formula is C10H14ClNO2S3. The average Bonchev–Trinajstić information content (AvgIpc) is 2.78. The predicted molar refractivity (Wildman–Crippen MR) is 74.6 cm³/mol. The number of thiophene rings is 1. The van der Waals surface area contributed by atoms with Crippen molar-refractivity contribution >= 4 is 44.7 Å². The lowest BCUT2D eigenvalue weighted by atomic mass is 10.4. The molecule has 1 aliphatic rings. The van der Waals surface area contributed by atoms with Crippen LogP contribution in [0.15, 0.2) is 16.3 Å². The van der Waals surface area contributed by atoms with Crippen molar-refractivity contribution in [2.75, 3.05) is 18.8 Å². The van der Waals surface area contributed by atoms with Gasteiger partial charge in [0, 0.05) is 29.0 Å². The Morgan fingerprint density at radius 3 is 2.88 bits per heavy atom. The maximum atomic E-state index is 12.3. The number of sulfonamides is 1. The summed E-state index contributed by atoms with van der Waals surface area (Å²) >= 11 is 8.78. The highest BCUT2D eigenvalue weighted by molar-refractivity contribution is 8.00. The molecule has 1 aromatic heterocycles. The Labute approximate surface area is 115 Å². The van der Waals surface area contributed by atoms with Gasteiger partial charge in [-0.05, 0) is 12.1 Å². The van der Waals surface area contributed by atoms with Crippen molar-refractivity contribution in [3.8, 4) is 0 Å². The van der Waals surface area contributed by atoms with Gasteiger partial charge in [-0.25, -0.2) is 8.42 Å². The SMILES string of the molecule is CC1CN(S(=O)(=O)c2ccc(CCl)s2)CCS1. The quantitative estimate of drug-likeness (QED) is 0.805. The van der Waals surface area contributed by atoms with Crippen molar-refractivity contribution < 1.29 is 8.42 Å². The molecule has 0 radical (unpaired) electrons. The molecule has 0 spiro atoms. The smallest absolute Gasteiger partial charge is 0.206 e. The lowest BCUT2D eigenvalue weighted by Crippen LogP contribution is -2.40. The third kappa shape index (κ3) is 2.98. The minimum Gasteiger partial charge on any atom is -0.206 e. The van der Waals surface area contributed by atoms with Crippen molar-refractivity contribution in [2.24, 2.45) is 0 Å². The molecule has 0 amide bonds. The predicted octanol–water partition coefficient (Wildman–Crippen LogP) is 2.61. The first kappa shape index (κ1) is 13.7. The number of alkyl halides is 1. The maximum Gasteiger partial charge on any atom is 0.252 e.